The summed E-state index contributed by atoms with van der Waals surface area (Å²) in [6.07, 6.45) is -3.28. The third-order valence-corrected chi connectivity index (χ3v) is 28.4. The Labute approximate surface area is 835 Å². The van der Waals surface area contributed by atoms with Crippen molar-refractivity contribution < 1.29 is 37.1 Å². The lowest BCUT2D eigenvalue weighted by Gasteiger charge is -2.38. The third kappa shape index (κ3) is 39.2. The van der Waals surface area contributed by atoms with E-state index in [0.29, 0.717) is 64.2 Å². The average Bonchev–Trinajstić information content (AvgIpc) is 0.901. The number of ketones is 5. The van der Waals surface area contributed by atoms with E-state index in [-0.39, 0.29) is 82.1 Å². The van der Waals surface area contributed by atoms with E-state index in [1.807, 2.05) is 218 Å². The molecule has 11 rings (SSSR count). The summed E-state index contributed by atoms with van der Waals surface area (Å²) in [4.78, 5) is 87.7. The van der Waals surface area contributed by atoms with Gasteiger partial charge in [0.05, 0.1) is 40.2 Å². The van der Waals surface area contributed by atoms with Gasteiger partial charge in [-0.2, -0.15) is 13.2 Å². The Morgan fingerprint density at radius 1 is 0.351 bits per heavy atom. The molecule has 6 aromatic carbocycles. The summed E-state index contributed by atoms with van der Waals surface area (Å²) < 4.78 is 39.1. The Morgan fingerprint density at radius 3 is 0.813 bits per heavy atom. The average molecular weight is 1980 g/mol. The zero-order chi connectivity index (χ0) is 99.5. The van der Waals surface area contributed by atoms with Gasteiger partial charge in [0.1, 0.15) is 28.9 Å². The first-order valence-corrected chi connectivity index (χ1v) is 51.4. The molecule has 134 heavy (non-hydrogen) atoms. The lowest BCUT2D eigenvalue weighted by Crippen LogP contribution is -2.50. The van der Waals surface area contributed by atoms with Gasteiger partial charge in [0.2, 0.25) is 0 Å². The van der Waals surface area contributed by atoms with Crippen LogP contribution in [0.15, 0.2) is 152 Å². The number of likely N-dealkylation sites (tertiary alicyclic amines) is 1. The molecule has 5 aliphatic heterocycles. The molecule has 0 aliphatic carbocycles. The highest BCUT2D eigenvalue weighted by Gasteiger charge is 2.37. The molecule has 0 bridgehead atoms. The van der Waals surface area contributed by atoms with Gasteiger partial charge in [-0.25, -0.2) is 0 Å². The van der Waals surface area contributed by atoms with Crippen molar-refractivity contribution in [2.45, 2.75) is 211 Å². The van der Waals surface area contributed by atoms with E-state index in [2.05, 4.69) is 117 Å². The fourth-order valence-corrected chi connectivity index (χ4v) is 18.5. The van der Waals surface area contributed by atoms with E-state index in [9.17, 15) is 37.1 Å². The quantitative estimate of drug-likeness (QED) is 0.0374. The van der Waals surface area contributed by atoms with Crippen LogP contribution in [0.1, 0.15) is 219 Å². The number of piperazine rings is 4. The number of nitrogens with zero attached hydrogens (tertiary/aromatic N) is 10. The van der Waals surface area contributed by atoms with E-state index >= 15 is 0 Å². The Hall–Kier alpha value is -5.50. The monoisotopic (exact) mass is 1970 g/mol. The summed E-state index contributed by atoms with van der Waals surface area (Å²) in [5.74, 6) is 1.58. The maximum Gasteiger partial charge on any atom is 0.417 e. The predicted octanol–water partition coefficient (Wildman–Crippen LogP) is 22.9. The molecule has 0 spiro atoms. The summed E-state index contributed by atoms with van der Waals surface area (Å²) in [5.41, 5.74) is 6.11. The topological polar surface area (TPSA) is 130 Å². The van der Waals surface area contributed by atoms with Crippen LogP contribution in [0.4, 0.5) is 13.2 Å². The summed E-state index contributed by atoms with van der Waals surface area (Å²) >= 11 is 35.6. The number of benzene rings is 6. The molecule has 0 radical (unpaired) electrons. The number of nitrogens with one attached hydrogen (secondary N) is 1. The van der Waals surface area contributed by atoms with Crippen LogP contribution in [0.3, 0.4) is 0 Å². The smallest absolute Gasteiger partial charge is 0.314 e. The molecule has 1 N–H and O–H groups in total. The van der Waals surface area contributed by atoms with Gasteiger partial charge in [0, 0.05) is 235 Å². The standard InChI is InChI=1S/2C19H29ClN2O.3C18H27ClN2O.C17H23ClF3N/c2*1-14(2)19(23)18(16-5-7-17(20)8-6-16)13-21-9-11-22(12-10-21)15(3)4;1-13(2)18(22)17(14-5-7-15(19)8-6-14)12-21-10-9-16(11-21)20(3)4;2*1-4-20-9-11-21(12-10-20)13-17(18(22)14(2)3)15-5-7-16(19)8-6-15;1-10(2)12(5)14(9-22-11(3)4)13-6-7-16(18)15(8-13)17(19,20)21/h2*5-8,14-15,18H,9-13H2,1-4H3;5-8,13,16-17H,9-12H2,1-4H3;2*5-8,14,17H,4,9-13H2,1-3H3;6-8,10-11,14,22H,5,9H2,1-4H3/t2*18-;16-,17-;2*17-;14-/m100100/s1. The van der Waals surface area contributed by atoms with Crippen LogP contribution in [-0.2, 0) is 30.1 Å². The van der Waals surface area contributed by atoms with E-state index in [0.717, 1.165) is 223 Å². The molecule has 25 heteroatoms. The second-order valence-corrected chi connectivity index (χ2v) is 42.5. The molecule has 16 nitrogen and oxygen atoms in total. The fourth-order valence-electron chi connectivity index (χ4n) is 17.7. The number of hydrogen-bond acceptors (Lipinski definition) is 16. The molecule has 746 valence electrons. The first-order valence-electron chi connectivity index (χ1n) is 49.2. The maximum absolute atomic E-state index is 13.0. The van der Waals surface area contributed by atoms with Gasteiger partial charge < -0.3 is 24.9 Å². The van der Waals surface area contributed by atoms with Crippen molar-refractivity contribution in [1.29, 1.82) is 0 Å². The summed E-state index contributed by atoms with van der Waals surface area (Å²) in [6.45, 7) is 71.3. The number of carbonyl (C=O) groups is 5. The number of likely N-dealkylation sites (N-methyl/N-ethyl adjacent to an activating group) is 3. The molecule has 5 aliphatic rings. The van der Waals surface area contributed by atoms with Gasteiger partial charge in [0.15, 0.2) is 0 Å². The minimum atomic E-state index is -4.46. The molecular formula is C109H162Cl6F3N11O5. The minimum absolute atomic E-state index is 0.0487. The van der Waals surface area contributed by atoms with Crippen molar-refractivity contribution in [3.63, 3.8) is 0 Å². The highest BCUT2D eigenvalue weighted by molar-refractivity contribution is 6.32. The Morgan fingerprint density at radius 2 is 0.597 bits per heavy atom. The van der Waals surface area contributed by atoms with E-state index < -0.39 is 11.7 Å². The summed E-state index contributed by atoms with van der Waals surface area (Å²) in [7, 11) is 4.26. The van der Waals surface area contributed by atoms with Crippen LogP contribution >= 0.6 is 69.6 Å². The van der Waals surface area contributed by atoms with Gasteiger partial charge in [0.25, 0.3) is 0 Å². The molecule has 5 saturated heterocycles. The molecule has 5 fully saturated rings. The summed E-state index contributed by atoms with van der Waals surface area (Å²) in [5, 5.41) is 6.59. The highest BCUT2D eigenvalue weighted by Crippen LogP contribution is 2.39. The van der Waals surface area contributed by atoms with Crippen molar-refractivity contribution in [3.8, 4) is 0 Å². The van der Waals surface area contributed by atoms with Crippen LogP contribution in [-0.4, -0.2) is 286 Å². The number of halogens is 9. The normalized spacial score (nSPS) is 18.1. The molecule has 5 heterocycles. The number of alkyl halides is 3. The molecular weight excluding hydrogens is 1810 g/mol. The number of Topliss-reactive ketones (excluding diaryl/α,β-unsaturated/α-hetero) is 5. The third-order valence-electron chi connectivity index (χ3n) is 26.8. The van der Waals surface area contributed by atoms with Gasteiger partial charge in [-0.15, -0.1) is 0 Å². The van der Waals surface area contributed by atoms with Crippen molar-refractivity contribution >= 4 is 98.5 Å². The number of rotatable bonds is 36. The zero-order valence-electron chi connectivity index (χ0n) is 84.7. The van der Waals surface area contributed by atoms with Gasteiger partial charge >= 0.3 is 6.18 Å². The van der Waals surface area contributed by atoms with Gasteiger partial charge in [-0.3, -0.25) is 53.4 Å². The Bertz CT molecular complexity index is 4260. The van der Waals surface area contributed by atoms with Crippen LogP contribution < -0.4 is 5.32 Å². The van der Waals surface area contributed by atoms with Gasteiger partial charge in [-0.05, 0) is 180 Å². The largest absolute Gasteiger partial charge is 0.417 e. The van der Waals surface area contributed by atoms with Crippen molar-refractivity contribution in [3.05, 3.63) is 221 Å². The van der Waals surface area contributed by atoms with Crippen molar-refractivity contribution in [2.75, 3.05) is 184 Å². The first-order chi connectivity index (χ1) is 63.2. The first kappa shape index (κ1) is 117. The Kier molecular flexibility index (Phi) is 51.3. The molecule has 7 atom stereocenters. The SMILES string of the molecule is C=C(C(C)C)[C@H](CNC(C)C)c1ccc(Cl)c(C(F)(F)F)c1.CC(C)C(=O)[C@@H](CN1CCN(C(C)C)CC1)c1ccc(Cl)cc1.CC(C)C(=O)[C@@H](CN1CC[C@H](N(C)C)C1)c1ccc(Cl)cc1.CC(C)C(=O)[C@H](CN1CCN(C(C)C)CC1)c1ccc(Cl)cc1.CCN1CCN(C[C@@H](C(=O)C(C)C)c2ccc(Cl)cc2)CC1.CCN1CCN(C[C@H](C(=O)C(C)C)c2ccc(Cl)cc2)CC1. The van der Waals surface area contributed by atoms with Crippen molar-refractivity contribution in [1.82, 2.24) is 54.3 Å². The number of carbonyl (C=O) groups excluding carboxylic acids is 5. The zero-order valence-corrected chi connectivity index (χ0v) is 89.3. The highest BCUT2D eigenvalue weighted by atomic mass is 35.5. The van der Waals surface area contributed by atoms with Crippen LogP contribution in [0.2, 0.25) is 30.1 Å². The van der Waals surface area contributed by atoms with Crippen LogP contribution in [0, 0.1) is 35.5 Å². The summed E-state index contributed by atoms with van der Waals surface area (Å²) in [6, 6.07) is 44.9. The maximum atomic E-state index is 13.0. The molecule has 0 saturated carbocycles. The molecule has 0 unspecified atom stereocenters. The Balaban J connectivity index is 0.000000247. The second kappa shape index (κ2) is 58.7. The van der Waals surface area contributed by atoms with Gasteiger partial charge in [-0.1, -0.05) is 259 Å². The predicted molar refractivity (Wildman–Crippen MR) is 558 cm³/mol. The minimum Gasteiger partial charge on any atom is -0.314 e. The fraction of sp³-hybridized carbons (Fsp3) is 0.606. The van der Waals surface area contributed by atoms with Crippen LogP contribution in [0.25, 0.3) is 0 Å². The van der Waals surface area contributed by atoms with Crippen LogP contribution in [0.5, 0.6) is 0 Å². The van der Waals surface area contributed by atoms with E-state index in [1.165, 1.54) is 12.5 Å². The lowest BCUT2D eigenvalue weighted by atomic mass is 9.85. The van der Waals surface area contributed by atoms with E-state index in [4.69, 9.17) is 69.6 Å². The molecule has 0 aromatic heterocycles. The lowest BCUT2D eigenvalue weighted by molar-refractivity contribution is -0.137. The van der Waals surface area contributed by atoms with Crippen molar-refractivity contribution in [2.24, 2.45) is 35.5 Å². The number of hydrogen-bond donors (Lipinski definition) is 1. The molecule has 0 amide bonds. The van der Waals surface area contributed by atoms with E-state index in [1.54, 1.807) is 6.07 Å². The second-order valence-electron chi connectivity index (χ2n) is 39.9. The molecule has 6 aromatic rings.